The Labute approximate surface area is 116 Å². The lowest BCUT2D eigenvalue weighted by Crippen LogP contribution is -2.26. The lowest BCUT2D eigenvalue weighted by Gasteiger charge is -2.12. The molecular formula is C15H16N4O. The van der Waals surface area contributed by atoms with Gasteiger partial charge in [0.15, 0.2) is 0 Å². The van der Waals surface area contributed by atoms with Gasteiger partial charge in [-0.05, 0) is 32.9 Å². The molecule has 0 spiro atoms. The topological polar surface area (TPSA) is 52.7 Å². The first-order valence-electron chi connectivity index (χ1n) is 6.61. The van der Waals surface area contributed by atoms with Gasteiger partial charge < -0.3 is 4.57 Å². The van der Waals surface area contributed by atoms with E-state index in [4.69, 9.17) is 0 Å². The highest BCUT2D eigenvalue weighted by Crippen LogP contribution is 2.18. The van der Waals surface area contributed by atoms with Gasteiger partial charge in [0.05, 0.1) is 11.0 Å². The Morgan fingerprint density at radius 1 is 1.20 bits per heavy atom. The Hall–Kier alpha value is -2.43. The van der Waals surface area contributed by atoms with Crippen LogP contribution in [0.1, 0.15) is 25.7 Å². The molecule has 2 aromatic heterocycles. The molecule has 5 heteroatoms. The van der Waals surface area contributed by atoms with Crippen LogP contribution in [0.25, 0.3) is 16.9 Å². The van der Waals surface area contributed by atoms with Crippen LogP contribution in [0.15, 0.2) is 41.5 Å². The quantitative estimate of drug-likeness (QED) is 0.717. The van der Waals surface area contributed by atoms with Crippen LogP contribution < -0.4 is 5.56 Å². The van der Waals surface area contributed by atoms with E-state index in [2.05, 4.69) is 9.97 Å². The van der Waals surface area contributed by atoms with E-state index >= 15 is 0 Å². The van der Waals surface area contributed by atoms with Crippen molar-refractivity contribution in [1.29, 1.82) is 0 Å². The maximum Gasteiger partial charge on any atom is 0.294 e. The second-order valence-electron chi connectivity index (χ2n) is 5.04. The third-order valence-electron chi connectivity index (χ3n) is 3.35. The molecule has 0 saturated heterocycles. The van der Waals surface area contributed by atoms with Crippen molar-refractivity contribution < 1.29 is 0 Å². The highest BCUT2D eigenvalue weighted by Gasteiger charge is 2.14. The second-order valence-corrected chi connectivity index (χ2v) is 5.04. The van der Waals surface area contributed by atoms with Crippen LogP contribution in [0.3, 0.4) is 0 Å². The summed E-state index contributed by atoms with van der Waals surface area (Å²) in [5.74, 6) is 1.16. The number of aromatic nitrogens is 4. The summed E-state index contributed by atoms with van der Waals surface area (Å²) >= 11 is 0. The smallest absolute Gasteiger partial charge is 0.294 e. The van der Waals surface area contributed by atoms with Crippen molar-refractivity contribution in [1.82, 2.24) is 19.1 Å². The number of nitrogens with zero attached hydrogens (tertiary/aromatic N) is 4. The lowest BCUT2D eigenvalue weighted by molar-refractivity contribution is 0.570. The zero-order chi connectivity index (χ0) is 14.3. The van der Waals surface area contributed by atoms with E-state index < -0.39 is 0 Å². The van der Waals surface area contributed by atoms with Crippen LogP contribution in [0.5, 0.6) is 0 Å². The Morgan fingerprint density at radius 3 is 2.70 bits per heavy atom. The summed E-state index contributed by atoms with van der Waals surface area (Å²) in [6, 6.07) is 7.85. The monoisotopic (exact) mass is 268 g/mol. The first kappa shape index (κ1) is 12.6. The zero-order valence-electron chi connectivity index (χ0n) is 11.7. The Kier molecular flexibility index (Phi) is 2.89. The van der Waals surface area contributed by atoms with Crippen LogP contribution in [-0.2, 0) is 0 Å². The Balaban J connectivity index is 2.35. The van der Waals surface area contributed by atoms with Gasteiger partial charge in [-0.1, -0.05) is 12.1 Å². The summed E-state index contributed by atoms with van der Waals surface area (Å²) in [6.07, 6.45) is 3.37. The van der Waals surface area contributed by atoms with Crippen LogP contribution in [-0.4, -0.2) is 19.1 Å². The van der Waals surface area contributed by atoms with Gasteiger partial charge in [0.25, 0.3) is 5.56 Å². The molecule has 0 N–H and O–H groups in total. The molecule has 5 nitrogen and oxygen atoms in total. The van der Waals surface area contributed by atoms with Gasteiger partial charge in [-0.2, -0.15) is 0 Å². The standard InChI is InChI=1S/C15H16N4O/c1-10(2)18-9-8-16-14(15(18)20)19-11(3)17-12-6-4-5-7-13(12)19/h4-10H,1-3H3. The molecule has 0 aliphatic heterocycles. The maximum atomic E-state index is 12.6. The molecule has 0 saturated carbocycles. The summed E-state index contributed by atoms with van der Waals surface area (Å²) in [7, 11) is 0. The number of benzene rings is 1. The van der Waals surface area contributed by atoms with Crippen molar-refractivity contribution in [3.8, 4) is 5.82 Å². The average Bonchev–Trinajstić information content (AvgIpc) is 2.75. The summed E-state index contributed by atoms with van der Waals surface area (Å²) in [6.45, 7) is 5.84. The molecule has 0 fully saturated rings. The number of rotatable bonds is 2. The van der Waals surface area contributed by atoms with Gasteiger partial charge in [0.2, 0.25) is 5.82 Å². The highest BCUT2D eigenvalue weighted by atomic mass is 16.1. The molecule has 20 heavy (non-hydrogen) atoms. The van der Waals surface area contributed by atoms with Crippen molar-refractivity contribution >= 4 is 11.0 Å². The molecule has 3 aromatic rings. The van der Waals surface area contributed by atoms with Crippen molar-refractivity contribution in [2.75, 3.05) is 0 Å². The van der Waals surface area contributed by atoms with Crippen molar-refractivity contribution in [2.45, 2.75) is 26.8 Å². The highest BCUT2D eigenvalue weighted by molar-refractivity contribution is 5.77. The molecule has 0 bridgehead atoms. The number of fused-ring (bicyclic) bond motifs is 1. The zero-order valence-corrected chi connectivity index (χ0v) is 11.7. The van der Waals surface area contributed by atoms with E-state index in [1.165, 1.54) is 0 Å². The van der Waals surface area contributed by atoms with Gasteiger partial charge in [0.1, 0.15) is 5.82 Å². The van der Waals surface area contributed by atoms with Gasteiger partial charge >= 0.3 is 0 Å². The molecule has 0 aliphatic carbocycles. The minimum atomic E-state index is -0.103. The third kappa shape index (κ3) is 1.82. The second kappa shape index (κ2) is 4.59. The Bertz CT molecular complexity index is 829. The van der Waals surface area contributed by atoms with Gasteiger partial charge in [0, 0.05) is 18.4 Å². The molecule has 0 amide bonds. The molecular weight excluding hydrogens is 252 g/mol. The molecule has 2 heterocycles. The molecule has 0 radical (unpaired) electrons. The van der Waals surface area contributed by atoms with Crippen molar-refractivity contribution in [2.24, 2.45) is 0 Å². The van der Waals surface area contributed by atoms with E-state index in [-0.39, 0.29) is 11.6 Å². The molecule has 102 valence electrons. The van der Waals surface area contributed by atoms with E-state index in [0.29, 0.717) is 5.82 Å². The van der Waals surface area contributed by atoms with Crippen molar-refractivity contribution in [3.05, 3.63) is 52.8 Å². The predicted molar refractivity (Wildman–Crippen MR) is 78.2 cm³/mol. The minimum absolute atomic E-state index is 0.0966. The predicted octanol–water partition coefficient (Wildman–Crippen LogP) is 2.47. The summed E-state index contributed by atoms with van der Waals surface area (Å²) in [5, 5.41) is 0. The third-order valence-corrected chi connectivity index (χ3v) is 3.35. The molecule has 0 unspecified atom stereocenters. The summed E-state index contributed by atoms with van der Waals surface area (Å²) < 4.78 is 3.49. The average molecular weight is 268 g/mol. The number of para-hydroxylation sites is 2. The minimum Gasteiger partial charge on any atom is -0.308 e. The van der Waals surface area contributed by atoms with E-state index in [0.717, 1.165) is 16.9 Å². The van der Waals surface area contributed by atoms with Crippen molar-refractivity contribution in [3.63, 3.8) is 0 Å². The lowest BCUT2D eigenvalue weighted by atomic mass is 10.3. The maximum absolute atomic E-state index is 12.6. The van der Waals surface area contributed by atoms with Gasteiger partial charge in [-0.25, -0.2) is 9.97 Å². The number of hydrogen-bond donors (Lipinski definition) is 0. The molecule has 0 atom stereocenters. The SMILES string of the molecule is Cc1nc2ccccc2n1-c1nccn(C(C)C)c1=O. The van der Waals surface area contributed by atoms with E-state index in [1.54, 1.807) is 17.0 Å². The Morgan fingerprint density at radius 2 is 1.95 bits per heavy atom. The fourth-order valence-corrected chi connectivity index (χ4v) is 2.39. The normalized spacial score (nSPS) is 11.4. The van der Waals surface area contributed by atoms with Crippen LogP contribution in [0.4, 0.5) is 0 Å². The van der Waals surface area contributed by atoms with Gasteiger partial charge in [-0.15, -0.1) is 0 Å². The van der Waals surface area contributed by atoms with Crippen LogP contribution >= 0.6 is 0 Å². The number of hydrogen-bond acceptors (Lipinski definition) is 3. The molecule has 3 rings (SSSR count). The van der Waals surface area contributed by atoms with Crippen LogP contribution in [0.2, 0.25) is 0 Å². The first-order valence-corrected chi connectivity index (χ1v) is 6.61. The fourth-order valence-electron chi connectivity index (χ4n) is 2.39. The summed E-state index contributed by atoms with van der Waals surface area (Å²) in [4.78, 5) is 21.3. The largest absolute Gasteiger partial charge is 0.308 e. The number of imidazole rings is 1. The molecule has 0 aliphatic rings. The molecule has 1 aromatic carbocycles. The number of aryl methyl sites for hydroxylation is 1. The fraction of sp³-hybridized carbons (Fsp3) is 0.267. The summed E-state index contributed by atoms with van der Waals surface area (Å²) in [5.41, 5.74) is 1.66. The van der Waals surface area contributed by atoms with E-state index in [1.807, 2.05) is 49.6 Å². The van der Waals surface area contributed by atoms with E-state index in [9.17, 15) is 4.79 Å². The van der Waals surface area contributed by atoms with Gasteiger partial charge in [-0.3, -0.25) is 9.36 Å². The van der Waals surface area contributed by atoms with Crippen LogP contribution in [0, 0.1) is 6.92 Å². The first-order chi connectivity index (χ1) is 9.59.